The molecular weight excluding hydrogens is 230 g/mol. The summed E-state index contributed by atoms with van der Waals surface area (Å²) in [6, 6.07) is 7.49. The Bertz CT molecular complexity index is 433. The first-order valence-corrected chi connectivity index (χ1v) is 6.26. The zero-order valence-corrected chi connectivity index (χ0v) is 10.5. The van der Waals surface area contributed by atoms with Gasteiger partial charge in [-0.1, -0.05) is 31.2 Å². The van der Waals surface area contributed by atoms with Gasteiger partial charge >= 0.3 is 5.97 Å². The fourth-order valence-corrected chi connectivity index (χ4v) is 2.47. The third-order valence-electron chi connectivity index (χ3n) is 3.49. The zero-order chi connectivity index (χ0) is 13.1. The van der Waals surface area contributed by atoms with Gasteiger partial charge < -0.3 is 10.2 Å². The lowest BCUT2D eigenvalue weighted by atomic mass is 9.93. The van der Waals surface area contributed by atoms with E-state index in [9.17, 15) is 9.90 Å². The Kier molecular flexibility index (Phi) is 3.99. The van der Waals surface area contributed by atoms with Gasteiger partial charge in [0.1, 0.15) is 6.04 Å². The van der Waals surface area contributed by atoms with Crippen LogP contribution in [-0.2, 0) is 17.8 Å². The molecule has 18 heavy (non-hydrogen) atoms. The van der Waals surface area contributed by atoms with Gasteiger partial charge in [0.05, 0.1) is 0 Å². The Balaban J connectivity index is 2.20. The fraction of sp³-hybridized carbons (Fsp3) is 0.500. The summed E-state index contributed by atoms with van der Waals surface area (Å²) in [5, 5.41) is 18.4. The van der Waals surface area contributed by atoms with Gasteiger partial charge in [-0.05, 0) is 23.5 Å². The molecule has 0 radical (unpaired) electrons. The normalized spacial score (nSPS) is 21.3. The topological polar surface area (TPSA) is 60.8 Å². The average molecular weight is 249 g/mol. The lowest BCUT2D eigenvalue weighted by molar-refractivity contribution is -0.144. The van der Waals surface area contributed by atoms with Crippen molar-refractivity contribution >= 4 is 5.97 Å². The molecule has 0 amide bonds. The van der Waals surface area contributed by atoms with Gasteiger partial charge in [0.25, 0.3) is 0 Å². The van der Waals surface area contributed by atoms with Gasteiger partial charge in [-0.25, -0.2) is 0 Å². The molecule has 4 nitrogen and oxygen atoms in total. The Morgan fingerprint density at radius 2 is 2.11 bits per heavy atom. The second-order valence-corrected chi connectivity index (χ2v) is 5.04. The molecule has 0 aliphatic carbocycles. The summed E-state index contributed by atoms with van der Waals surface area (Å²) in [5.41, 5.74) is 2.32. The van der Waals surface area contributed by atoms with Crippen molar-refractivity contribution < 1.29 is 15.0 Å². The van der Waals surface area contributed by atoms with Gasteiger partial charge in [0, 0.05) is 19.7 Å². The summed E-state index contributed by atoms with van der Waals surface area (Å²) in [6.45, 7) is 3.28. The molecule has 98 valence electrons. The second kappa shape index (κ2) is 5.50. The van der Waals surface area contributed by atoms with Crippen LogP contribution in [0.3, 0.4) is 0 Å². The molecule has 1 aliphatic heterocycles. The first-order chi connectivity index (χ1) is 8.61. The molecule has 0 bridgehead atoms. The van der Waals surface area contributed by atoms with Crippen LogP contribution in [0.25, 0.3) is 0 Å². The van der Waals surface area contributed by atoms with Crippen LogP contribution in [0.2, 0.25) is 0 Å². The molecule has 1 unspecified atom stereocenters. The van der Waals surface area contributed by atoms with Crippen molar-refractivity contribution in [2.45, 2.75) is 25.9 Å². The van der Waals surface area contributed by atoms with E-state index in [2.05, 4.69) is 0 Å². The monoisotopic (exact) mass is 249 g/mol. The van der Waals surface area contributed by atoms with Gasteiger partial charge in [0.15, 0.2) is 0 Å². The standard InChI is InChI=1S/C14H19NO3/c1-10(9-16)7-15-8-12-5-3-2-4-11(12)6-13(15)14(17)18/h2-5,10,13,16H,6-9H2,1H3,(H,17,18)/t10?,13-/m0/s1. The second-order valence-electron chi connectivity index (χ2n) is 5.04. The number of nitrogens with zero attached hydrogens (tertiary/aromatic N) is 1. The number of benzene rings is 1. The molecule has 0 aromatic heterocycles. The highest BCUT2D eigenvalue weighted by atomic mass is 16.4. The van der Waals surface area contributed by atoms with Crippen molar-refractivity contribution in [1.82, 2.24) is 4.90 Å². The molecule has 2 atom stereocenters. The van der Waals surface area contributed by atoms with E-state index in [0.29, 0.717) is 19.5 Å². The van der Waals surface area contributed by atoms with Crippen molar-refractivity contribution in [3.63, 3.8) is 0 Å². The zero-order valence-electron chi connectivity index (χ0n) is 10.5. The van der Waals surface area contributed by atoms with Crippen molar-refractivity contribution in [3.8, 4) is 0 Å². The van der Waals surface area contributed by atoms with Crippen LogP contribution in [0.5, 0.6) is 0 Å². The molecule has 1 heterocycles. The van der Waals surface area contributed by atoms with E-state index in [4.69, 9.17) is 5.11 Å². The number of aliphatic carboxylic acids is 1. The number of fused-ring (bicyclic) bond motifs is 1. The van der Waals surface area contributed by atoms with E-state index in [1.54, 1.807) is 0 Å². The predicted octanol–water partition coefficient (Wildman–Crippen LogP) is 1.13. The largest absolute Gasteiger partial charge is 0.480 e. The van der Waals surface area contributed by atoms with Crippen molar-refractivity contribution in [2.75, 3.05) is 13.2 Å². The minimum atomic E-state index is -0.783. The smallest absolute Gasteiger partial charge is 0.321 e. The molecule has 0 fully saturated rings. The van der Waals surface area contributed by atoms with E-state index >= 15 is 0 Å². The summed E-state index contributed by atoms with van der Waals surface area (Å²) in [4.78, 5) is 13.3. The summed E-state index contributed by atoms with van der Waals surface area (Å²) in [7, 11) is 0. The first kappa shape index (κ1) is 13.1. The highest BCUT2D eigenvalue weighted by Gasteiger charge is 2.31. The molecule has 0 spiro atoms. The maximum Gasteiger partial charge on any atom is 0.321 e. The summed E-state index contributed by atoms with van der Waals surface area (Å²) in [5.74, 6) is -0.688. The van der Waals surface area contributed by atoms with Gasteiger partial charge in [0.2, 0.25) is 0 Å². The average Bonchev–Trinajstić information content (AvgIpc) is 2.37. The number of aliphatic hydroxyl groups is 1. The number of carbonyl (C=O) groups is 1. The molecule has 1 aromatic carbocycles. The molecule has 1 aliphatic rings. The van der Waals surface area contributed by atoms with Crippen LogP contribution < -0.4 is 0 Å². The van der Waals surface area contributed by atoms with Crippen molar-refractivity contribution in [3.05, 3.63) is 35.4 Å². The van der Waals surface area contributed by atoms with Crippen LogP contribution in [0.1, 0.15) is 18.1 Å². The molecule has 2 rings (SSSR count). The highest BCUT2D eigenvalue weighted by Crippen LogP contribution is 2.24. The maximum absolute atomic E-state index is 11.3. The first-order valence-electron chi connectivity index (χ1n) is 6.26. The van der Waals surface area contributed by atoms with Crippen LogP contribution in [0.4, 0.5) is 0 Å². The maximum atomic E-state index is 11.3. The quantitative estimate of drug-likeness (QED) is 0.839. The fourth-order valence-electron chi connectivity index (χ4n) is 2.47. The Morgan fingerprint density at radius 3 is 2.72 bits per heavy atom. The summed E-state index contributed by atoms with van der Waals surface area (Å²) in [6.07, 6.45) is 0.545. The summed E-state index contributed by atoms with van der Waals surface area (Å²) >= 11 is 0. The number of hydrogen-bond donors (Lipinski definition) is 2. The number of carboxylic acid groups (broad SMARTS) is 1. The molecule has 0 saturated carbocycles. The van der Waals surface area contributed by atoms with Crippen LogP contribution >= 0.6 is 0 Å². The number of hydrogen-bond acceptors (Lipinski definition) is 3. The van der Waals surface area contributed by atoms with Gasteiger partial charge in [-0.3, -0.25) is 9.69 Å². The molecular formula is C14H19NO3. The minimum Gasteiger partial charge on any atom is -0.480 e. The van der Waals surface area contributed by atoms with Crippen LogP contribution in [0.15, 0.2) is 24.3 Å². The van der Waals surface area contributed by atoms with E-state index in [0.717, 1.165) is 5.56 Å². The highest BCUT2D eigenvalue weighted by molar-refractivity contribution is 5.74. The Labute approximate surface area is 107 Å². The van der Waals surface area contributed by atoms with E-state index in [1.807, 2.05) is 36.1 Å². The molecule has 2 N–H and O–H groups in total. The van der Waals surface area contributed by atoms with E-state index in [-0.39, 0.29) is 12.5 Å². The third-order valence-corrected chi connectivity index (χ3v) is 3.49. The van der Waals surface area contributed by atoms with Gasteiger partial charge in [-0.15, -0.1) is 0 Å². The predicted molar refractivity (Wildman–Crippen MR) is 68.2 cm³/mol. The van der Waals surface area contributed by atoms with E-state index < -0.39 is 12.0 Å². The van der Waals surface area contributed by atoms with Crippen LogP contribution in [-0.4, -0.2) is 40.3 Å². The van der Waals surface area contributed by atoms with E-state index in [1.165, 1.54) is 5.56 Å². The molecule has 0 saturated heterocycles. The summed E-state index contributed by atoms with van der Waals surface area (Å²) < 4.78 is 0. The lowest BCUT2D eigenvalue weighted by Gasteiger charge is -2.35. The van der Waals surface area contributed by atoms with Gasteiger partial charge in [-0.2, -0.15) is 0 Å². The SMILES string of the molecule is CC(CO)CN1Cc2ccccc2C[C@H]1C(=O)O. The molecule has 4 heteroatoms. The van der Waals surface area contributed by atoms with Crippen molar-refractivity contribution in [2.24, 2.45) is 5.92 Å². The Hall–Kier alpha value is -1.39. The van der Waals surface area contributed by atoms with Crippen LogP contribution in [0, 0.1) is 5.92 Å². The number of rotatable bonds is 4. The lowest BCUT2D eigenvalue weighted by Crippen LogP contribution is -2.47. The Morgan fingerprint density at radius 1 is 1.44 bits per heavy atom. The minimum absolute atomic E-state index is 0.0878. The van der Waals surface area contributed by atoms with Crippen molar-refractivity contribution in [1.29, 1.82) is 0 Å². The third kappa shape index (κ3) is 2.71. The molecule has 1 aromatic rings. The number of carboxylic acids is 1. The number of aliphatic hydroxyl groups excluding tert-OH is 1.